The van der Waals surface area contributed by atoms with Crippen molar-refractivity contribution in [1.82, 2.24) is 15.1 Å². The lowest BCUT2D eigenvalue weighted by Crippen LogP contribution is -2.50. The summed E-state index contributed by atoms with van der Waals surface area (Å²) in [6.45, 7) is 12.4. The van der Waals surface area contributed by atoms with E-state index in [9.17, 15) is 4.79 Å². The Morgan fingerprint density at radius 2 is 1.74 bits per heavy atom. The molecule has 0 spiro atoms. The summed E-state index contributed by atoms with van der Waals surface area (Å²) in [4.78, 5) is 16.6. The van der Waals surface area contributed by atoms with Crippen LogP contribution < -0.4 is 5.32 Å². The van der Waals surface area contributed by atoms with Gasteiger partial charge < -0.3 is 10.2 Å². The van der Waals surface area contributed by atoms with Gasteiger partial charge in [0.2, 0.25) is 5.91 Å². The summed E-state index contributed by atoms with van der Waals surface area (Å²) in [5.41, 5.74) is 0. The van der Waals surface area contributed by atoms with Crippen LogP contribution in [-0.4, -0.2) is 61.0 Å². The standard InChI is InChI=1S/C15H31N3O/c1-4-6-7-8-14(3)16-15(19)13-18-11-9-17(5-2)10-12-18/h14H,4-13H2,1-3H3,(H,16,19). The monoisotopic (exact) mass is 269 g/mol. The predicted molar refractivity (Wildman–Crippen MR) is 80.3 cm³/mol. The van der Waals surface area contributed by atoms with Crippen molar-refractivity contribution in [3.8, 4) is 0 Å². The first-order valence-corrected chi connectivity index (χ1v) is 7.89. The maximum Gasteiger partial charge on any atom is 0.234 e. The van der Waals surface area contributed by atoms with E-state index in [1.165, 1.54) is 19.3 Å². The lowest BCUT2D eigenvalue weighted by molar-refractivity contribution is -0.123. The van der Waals surface area contributed by atoms with Crippen LogP contribution in [0, 0.1) is 0 Å². The first-order chi connectivity index (χ1) is 9.15. The molecule has 1 N–H and O–H groups in total. The second kappa shape index (κ2) is 9.32. The molecule has 19 heavy (non-hydrogen) atoms. The molecule has 1 saturated heterocycles. The summed E-state index contributed by atoms with van der Waals surface area (Å²) in [5, 5.41) is 3.12. The zero-order valence-electron chi connectivity index (χ0n) is 13.0. The molecular formula is C15H31N3O. The number of unbranched alkanes of at least 4 members (excludes halogenated alkanes) is 2. The van der Waals surface area contributed by atoms with Crippen molar-refractivity contribution in [2.45, 2.75) is 52.5 Å². The van der Waals surface area contributed by atoms with E-state index in [2.05, 4.69) is 35.9 Å². The molecule has 1 heterocycles. The number of carbonyl (C=O) groups excluding carboxylic acids is 1. The van der Waals surface area contributed by atoms with Crippen molar-refractivity contribution < 1.29 is 4.79 Å². The zero-order valence-corrected chi connectivity index (χ0v) is 13.0. The van der Waals surface area contributed by atoms with Crippen molar-refractivity contribution in [2.75, 3.05) is 39.3 Å². The van der Waals surface area contributed by atoms with Crippen molar-refractivity contribution in [3.63, 3.8) is 0 Å². The summed E-state index contributed by atoms with van der Waals surface area (Å²) in [7, 11) is 0. The molecule has 112 valence electrons. The fraction of sp³-hybridized carbons (Fsp3) is 0.933. The Kier molecular flexibility index (Phi) is 8.07. The van der Waals surface area contributed by atoms with E-state index < -0.39 is 0 Å². The number of rotatable bonds is 8. The molecule has 1 aliphatic rings. The molecule has 1 aliphatic heterocycles. The van der Waals surface area contributed by atoms with Gasteiger partial charge in [-0.05, 0) is 19.9 Å². The number of carbonyl (C=O) groups is 1. The molecule has 1 unspecified atom stereocenters. The Bertz CT molecular complexity index is 250. The highest BCUT2D eigenvalue weighted by Gasteiger charge is 2.18. The van der Waals surface area contributed by atoms with Gasteiger partial charge in [0.1, 0.15) is 0 Å². The van der Waals surface area contributed by atoms with Gasteiger partial charge in [-0.2, -0.15) is 0 Å². The van der Waals surface area contributed by atoms with Crippen LogP contribution in [0.1, 0.15) is 46.5 Å². The molecule has 0 saturated carbocycles. The van der Waals surface area contributed by atoms with Gasteiger partial charge in [-0.25, -0.2) is 0 Å². The minimum Gasteiger partial charge on any atom is -0.353 e. The molecule has 0 aromatic carbocycles. The smallest absolute Gasteiger partial charge is 0.234 e. The van der Waals surface area contributed by atoms with Gasteiger partial charge in [-0.1, -0.05) is 33.1 Å². The van der Waals surface area contributed by atoms with Gasteiger partial charge in [0.05, 0.1) is 6.54 Å². The average Bonchev–Trinajstić information content (AvgIpc) is 2.39. The van der Waals surface area contributed by atoms with Gasteiger partial charge >= 0.3 is 0 Å². The van der Waals surface area contributed by atoms with E-state index in [4.69, 9.17) is 0 Å². The third kappa shape index (κ3) is 6.92. The van der Waals surface area contributed by atoms with Crippen LogP contribution in [0.15, 0.2) is 0 Å². The van der Waals surface area contributed by atoms with Crippen LogP contribution in [0.4, 0.5) is 0 Å². The summed E-state index contributed by atoms with van der Waals surface area (Å²) in [6, 6.07) is 0.316. The van der Waals surface area contributed by atoms with Gasteiger partial charge in [-0.15, -0.1) is 0 Å². The Hall–Kier alpha value is -0.610. The van der Waals surface area contributed by atoms with Crippen LogP contribution >= 0.6 is 0 Å². The Labute approximate surface area is 118 Å². The van der Waals surface area contributed by atoms with Gasteiger partial charge in [-0.3, -0.25) is 9.69 Å². The molecule has 0 aromatic rings. The molecule has 4 heteroatoms. The van der Waals surface area contributed by atoms with Crippen LogP contribution in [-0.2, 0) is 4.79 Å². The number of likely N-dealkylation sites (N-methyl/N-ethyl adjacent to an activating group) is 1. The molecule has 1 rings (SSSR count). The van der Waals surface area contributed by atoms with Gasteiger partial charge in [0.15, 0.2) is 0 Å². The highest BCUT2D eigenvalue weighted by atomic mass is 16.2. The van der Waals surface area contributed by atoms with Crippen LogP contribution in [0.3, 0.4) is 0 Å². The summed E-state index contributed by atoms with van der Waals surface area (Å²) in [5.74, 6) is 0.189. The summed E-state index contributed by atoms with van der Waals surface area (Å²) >= 11 is 0. The first-order valence-electron chi connectivity index (χ1n) is 7.89. The number of piperazine rings is 1. The maximum absolute atomic E-state index is 11.9. The van der Waals surface area contributed by atoms with E-state index in [1.54, 1.807) is 0 Å². The Morgan fingerprint density at radius 1 is 1.11 bits per heavy atom. The van der Waals surface area contributed by atoms with E-state index in [0.717, 1.165) is 39.1 Å². The lowest BCUT2D eigenvalue weighted by Gasteiger charge is -2.33. The normalized spacial score (nSPS) is 19.3. The minimum absolute atomic E-state index is 0.189. The largest absolute Gasteiger partial charge is 0.353 e. The molecule has 4 nitrogen and oxygen atoms in total. The fourth-order valence-electron chi connectivity index (χ4n) is 2.56. The molecule has 0 aromatic heterocycles. The van der Waals surface area contributed by atoms with Crippen LogP contribution in [0.5, 0.6) is 0 Å². The second-order valence-corrected chi connectivity index (χ2v) is 5.67. The van der Waals surface area contributed by atoms with Crippen molar-refractivity contribution in [1.29, 1.82) is 0 Å². The topological polar surface area (TPSA) is 35.6 Å². The summed E-state index contributed by atoms with van der Waals surface area (Å²) < 4.78 is 0. The highest BCUT2D eigenvalue weighted by Crippen LogP contribution is 2.04. The minimum atomic E-state index is 0.189. The number of hydrogen-bond acceptors (Lipinski definition) is 3. The number of amides is 1. The SMILES string of the molecule is CCCCCC(C)NC(=O)CN1CCN(CC)CC1. The molecule has 1 fully saturated rings. The average molecular weight is 269 g/mol. The second-order valence-electron chi connectivity index (χ2n) is 5.67. The summed E-state index contributed by atoms with van der Waals surface area (Å²) in [6.07, 6.45) is 4.82. The zero-order chi connectivity index (χ0) is 14.1. The molecule has 0 aliphatic carbocycles. The van der Waals surface area contributed by atoms with Crippen molar-refractivity contribution >= 4 is 5.91 Å². The third-order valence-electron chi connectivity index (χ3n) is 3.93. The van der Waals surface area contributed by atoms with Crippen molar-refractivity contribution in [3.05, 3.63) is 0 Å². The van der Waals surface area contributed by atoms with E-state index in [1.807, 2.05) is 0 Å². The first kappa shape index (κ1) is 16.4. The Balaban J connectivity index is 2.13. The quantitative estimate of drug-likeness (QED) is 0.681. The molecular weight excluding hydrogens is 238 g/mol. The molecule has 1 amide bonds. The van der Waals surface area contributed by atoms with Crippen molar-refractivity contribution in [2.24, 2.45) is 0 Å². The lowest BCUT2D eigenvalue weighted by atomic mass is 10.1. The Morgan fingerprint density at radius 3 is 2.32 bits per heavy atom. The number of hydrogen-bond donors (Lipinski definition) is 1. The molecule has 0 bridgehead atoms. The van der Waals surface area contributed by atoms with Gasteiger partial charge in [0.25, 0.3) is 0 Å². The molecule has 0 radical (unpaired) electrons. The highest BCUT2D eigenvalue weighted by molar-refractivity contribution is 5.78. The predicted octanol–water partition coefficient (Wildman–Crippen LogP) is 1.71. The number of nitrogens with zero attached hydrogens (tertiary/aromatic N) is 2. The maximum atomic E-state index is 11.9. The van der Waals surface area contributed by atoms with E-state index in [0.29, 0.717) is 12.6 Å². The number of nitrogens with one attached hydrogen (secondary N) is 1. The van der Waals surface area contributed by atoms with E-state index >= 15 is 0 Å². The van der Waals surface area contributed by atoms with Crippen LogP contribution in [0.25, 0.3) is 0 Å². The third-order valence-corrected chi connectivity index (χ3v) is 3.93. The van der Waals surface area contributed by atoms with E-state index in [-0.39, 0.29) is 5.91 Å². The molecule has 1 atom stereocenters. The van der Waals surface area contributed by atoms with Gasteiger partial charge in [0, 0.05) is 32.2 Å². The fourth-order valence-corrected chi connectivity index (χ4v) is 2.56. The van der Waals surface area contributed by atoms with Crippen LogP contribution in [0.2, 0.25) is 0 Å².